The highest BCUT2D eigenvalue weighted by molar-refractivity contribution is 5.69. The number of imidazole rings is 1. The monoisotopic (exact) mass is 281 g/mol. The highest BCUT2D eigenvalue weighted by Gasteiger charge is 2.11. The summed E-state index contributed by atoms with van der Waals surface area (Å²) in [6, 6.07) is 0.390. The number of carboxylic acid groups (broad SMARTS) is 1. The molecule has 5 heteroatoms. The van der Waals surface area contributed by atoms with Gasteiger partial charge < -0.3 is 15.0 Å². The Balaban J connectivity index is 2.24. The van der Waals surface area contributed by atoms with Crippen LogP contribution in [0.15, 0.2) is 12.5 Å². The number of carboxylic acids is 1. The average molecular weight is 281 g/mol. The van der Waals surface area contributed by atoms with Crippen molar-refractivity contribution in [2.45, 2.75) is 65.6 Å². The second kappa shape index (κ2) is 8.74. The maximum Gasteiger partial charge on any atom is 0.306 e. The van der Waals surface area contributed by atoms with Crippen molar-refractivity contribution in [3.63, 3.8) is 0 Å². The van der Waals surface area contributed by atoms with Crippen molar-refractivity contribution in [3.05, 3.63) is 18.2 Å². The van der Waals surface area contributed by atoms with Gasteiger partial charge in [-0.15, -0.1) is 0 Å². The predicted molar refractivity (Wildman–Crippen MR) is 79.5 cm³/mol. The zero-order valence-corrected chi connectivity index (χ0v) is 12.8. The summed E-state index contributed by atoms with van der Waals surface area (Å²) in [5.74, 6) is -0.942. The van der Waals surface area contributed by atoms with Crippen LogP contribution in [-0.4, -0.2) is 26.7 Å². The molecular weight excluding hydrogens is 254 g/mol. The third-order valence-corrected chi connectivity index (χ3v) is 3.59. The van der Waals surface area contributed by atoms with E-state index in [2.05, 4.69) is 28.7 Å². The van der Waals surface area contributed by atoms with Crippen molar-refractivity contribution < 1.29 is 9.90 Å². The van der Waals surface area contributed by atoms with Crippen molar-refractivity contribution in [1.29, 1.82) is 0 Å². The first-order valence-electron chi connectivity index (χ1n) is 7.49. The largest absolute Gasteiger partial charge is 0.481 e. The van der Waals surface area contributed by atoms with Gasteiger partial charge in [0, 0.05) is 25.3 Å². The normalized spacial score (nSPS) is 14.2. The van der Waals surface area contributed by atoms with Crippen molar-refractivity contribution in [2.24, 2.45) is 5.92 Å². The van der Waals surface area contributed by atoms with Crippen molar-refractivity contribution in [2.75, 3.05) is 0 Å². The molecule has 0 spiro atoms. The van der Waals surface area contributed by atoms with E-state index >= 15 is 0 Å². The molecule has 0 aromatic carbocycles. The number of carbonyl (C=O) groups is 1. The Morgan fingerprint density at radius 2 is 2.20 bits per heavy atom. The van der Waals surface area contributed by atoms with Crippen LogP contribution in [0.1, 0.15) is 52.1 Å². The Hall–Kier alpha value is -1.36. The van der Waals surface area contributed by atoms with Gasteiger partial charge in [0.1, 0.15) is 0 Å². The topological polar surface area (TPSA) is 67.2 Å². The van der Waals surface area contributed by atoms with E-state index in [0.29, 0.717) is 6.04 Å². The molecular formula is C15H27N3O2. The highest BCUT2D eigenvalue weighted by Crippen LogP contribution is 2.10. The molecule has 2 unspecified atom stereocenters. The van der Waals surface area contributed by atoms with Gasteiger partial charge in [0.15, 0.2) is 0 Å². The minimum atomic E-state index is -0.700. The fourth-order valence-corrected chi connectivity index (χ4v) is 2.17. The third kappa shape index (κ3) is 5.74. The van der Waals surface area contributed by atoms with Crippen molar-refractivity contribution in [1.82, 2.24) is 14.9 Å². The molecule has 1 heterocycles. The summed E-state index contributed by atoms with van der Waals surface area (Å²) in [6.45, 7) is 7.89. The van der Waals surface area contributed by atoms with Crippen LogP contribution >= 0.6 is 0 Å². The van der Waals surface area contributed by atoms with Crippen LogP contribution in [0.25, 0.3) is 0 Å². The SMILES string of the molecule is CCCn1cncc1CNC(C)CCCC(C)C(=O)O. The summed E-state index contributed by atoms with van der Waals surface area (Å²) < 4.78 is 2.17. The molecule has 0 aliphatic rings. The Morgan fingerprint density at radius 1 is 1.45 bits per heavy atom. The first kappa shape index (κ1) is 16.7. The zero-order chi connectivity index (χ0) is 15.0. The molecule has 0 saturated carbocycles. The van der Waals surface area contributed by atoms with Gasteiger partial charge in [-0.2, -0.15) is 0 Å². The number of nitrogens with zero attached hydrogens (tertiary/aromatic N) is 2. The minimum Gasteiger partial charge on any atom is -0.481 e. The third-order valence-electron chi connectivity index (χ3n) is 3.59. The summed E-state index contributed by atoms with van der Waals surface area (Å²) in [4.78, 5) is 14.9. The van der Waals surface area contributed by atoms with Crippen LogP contribution in [0.3, 0.4) is 0 Å². The molecule has 0 fully saturated rings. The van der Waals surface area contributed by atoms with Gasteiger partial charge in [0.2, 0.25) is 0 Å². The summed E-state index contributed by atoms with van der Waals surface area (Å²) in [6.07, 6.45) is 7.57. The van der Waals surface area contributed by atoms with Crippen molar-refractivity contribution >= 4 is 5.97 Å². The predicted octanol–water partition coefficient (Wildman–Crippen LogP) is 2.66. The molecule has 0 aliphatic carbocycles. The second-order valence-electron chi connectivity index (χ2n) is 5.53. The van der Waals surface area contributed by atoms with E-state index in [1.54, 1.807) is 6.92 Å². The number of hydrogen-bond acceptors (Lipinski definition) is 3. The fourth-order valence-electron chi connectivity index (χ4n) is 2.17. The van der Waals surface area contributed by atoms with Crippen LogP contribution in [0.2, 0.25) is 0 Å². The summed E-state index contributed by atoms with van der Waals surface area (Å²) in [5, 5.41) is 12.3. The van der Waals surface area contributed by atoms with Gasteiger partial charge in [0.25, 0.3) is 0 Å². The molecule has 0 radical (unpaired) electrons. The number of nitrogens with one attached hydrogen (secondary N) is 1. The molecule has 2 atom stereocenters. The maximum atomic E-state index is 10.7. The van der Waals surface area contributed by atoms with Gasteiger partial charge in [-0.25, -0.2) is 4.98 Å². The number of aromatic nitrogens is 2. The summed E-state index contributed by atoms with van der Waals surface area (Å²) in [5.41, 5.74) is 1.21. The number of aryl methyl sites for hydroxylation is 1. The second-order valence-corrected chi connectivity index (χ2v) is 5.53. The van der Waals surface area contributed by atoms with Gasteiger partial charge >= 0.3 is 5.97 Å². The molecule has 1 aromatic rings. The minimum absolute atomic E-state index is 0.242. The van der Waals surface area contributed by atoms with Gasteiger partial charge in [-0.3, -0.25) is 4.79 Å². The molecule has 20 heavy (non-hydrogen) atoms. The highest BCUT2D eigenvalue weighted by atomic mass is 16.4. The molecule has 1 aromatic heterocycles. The van der Waals surface area contributed by atoms with E-state index in [1.165, 1.54) is 5.69 Å². The quantitative estimate of drug-likeness (QED) is 0.692. The summed E-state index contributed by atoms with van der Waals surface area (Å²) in [7, 11) is 0. The van der Waals surface area contributed by atoms with Crippen LogP contribution < -0.4 is 5.32 Å². The lowest BCUT2D eigenvalue weighted by Crippen LogP contribution is -2.26. The molecule has 2 N–H and O–H groups in total. The number of aliphatic carboxylic acids is 1. The van der Waals surface area contributed by atoms with E-state index in [1.807, 2.05) is 12.5 Å². The summed E-state index contributed by atoms with van der Waals surface area (Å²) >= 11 is 0. The van der Waals surface area contributed by atoms with Crippen LogP contribution in [0.5, 0.6) is 0 Å². The average Bonchev–Trinajstić information content (AvgIpc) is 2.84. The molecule has 5 nitrogen and oxygen atoms in total. The van der Waals surface area contributed by atoms with Crippen LogP contribution in [0.4, 0.5) is 0 Å². The van der Waals surface area contributed by atoms with Gasteiger partial charge in [-0.1, -0.05) is 20.3 Å². The molecule has 114 valence electrons. The Labute approximate surface area is 121 Å². The van der Waals surface area contributed by atoms with E-state index in [-0.39, 0.29) is 5.92 Å². The molecule has 0 amide bonds. The van der Waals surface area contributed by atoms with Crippen molar-refractivity contribution in [3.8, 4) is 0 Å². The Kier molecular flexibility index (Phi) is 7.30. The Bertz CT molecular complexity index is 404. The number of hydrogen-bond donors (Lipinski definition) is 2. The smallest absolute Gasteiger partial charge is 0.306 e. The lowest BCUT2D eigenvalue weighted by atomic mass is 10.0. The molecule has 0 saturated heterocycles. The van der Waals surface area contributed by atoms with E-state index in [0.717, 1.165) is 38.8 Å². The zero-order valence-electron chi connectivity index (χ0n) is 12.8. The van der Waals surface area contributed by atoms with Crippen LogP contribution in [-0.2, 0) is 17.9 Å². The van der Waals surface area contributed by atoms with E-state index in [9.17, 15) is 4.79 Å². The van der Waals surface area contributed by atoms with Gasteiger partial charge in [0.05, 0.1) is 17.9 Å². The number of rotatable bonds is 10. The van der Waals surface area contributed by atoms with E-state index in [4.69, 9.17) is 5.11 Å². The first-order chi connectivity index (χ1) is 9.54. The standard InChI is InChI=1S/C15H27N3O2/c1-4-8-18-11-16-9-14(18)10-17-13(3)7-5-6-12(2)15(19)20/h9,11-13,17H,4-8,10H2,1-3H3,(H,19,20). The van der Waals surface area contributed by atoms with Gasteiger partial charge in [-0.05, 0) is 26.2 Å². The lowest BCUT2D eigenvalue weighted by Gasteiger charge is -2.15. The first-order valence-corrected chi connectivity index (χ1v) is 7.49. The lowest BCUT2D eigenvalue weighted by molar-refractivity contribution is -0.141. The molecule has 0 aliphatic heterocycles. The molecule has 0 bridgehead atoms. The van der Waals surface area contributed by atoms with E-state index < -0.39 is 5.97 Å². The maximum absolute atomic E-state index is 10.7. The van der Waals surface area contributed by atoms with Crippen LogP contribution in [0, 0.1) is 5.92 Å². The fraction of sp³-hybridized carbons (Fsp3) is 0.733. The molecule has 1 rings (SSSR count). The Morgan fingerprint density at radius 3 is 2.85 bits per heavy atom.